The fourth-order valence-electron chi connectivity index (χ4n) is 3.71. The van der Waals surface area contributed by atoms with E-state index in [2.05, 4.69) is 21.2 Å². The molecule has 38 heavy (non-hydrogen) atoms. The third-order valence-electron chi connectivity index (χ3n) is 5.63. The molecule has 0 radical (unpaired) electrons. The highest BCUT2D eigenvalue weighted by atomic mass is 79.9. The number of halogens is 1. The second-order valence-electron chi connectivity index (χ2n) is 8.34. The molecule has 0 aliphatic carbocycles. The molecule has 2 N–H and O–H groups in total. The zero-order valence-electron chi connectivity index (χ0n) is 20.5. The smallest absolute Gasteiger partial charge is 0.335 e. The fourth-order valence-corrected chi connectivity index (χ4v) is 4.43. The van der Waals surface area contributed by atoms with Gasteiger partial charge in [0.15, 0.2) is 16.6 Å². The van der Waals surface area contributed by atoms with Gasteiger partial charge in [0.2, 0.25) is 0 Å². The second-order valence-corrected chi connectivity index (χ2v) is 9.58. The lowest BCUT2D eigenvalue weighted by molar-refractivity contribution is -0.122. The first-order valence-corrected chi connectivity index (χ1v) is 12.8. The van der Waals surface area contributed by atoms with Gasteiger partial charge in [-0.3, -0.25) is 19.8 Å². The van der Waals surface area contributed by atoms with Crippen LogP contribution < -0.4 is 19.7 Å². The van der Waals surface area contributed by atoms with Gasteiger partial charge in [-0.2, -0.15) is 0 Å². The molecule has 1 heterocycles. The third kappa shape index (κ3) is 5.92. The molecular weight excluding hydrogens is 572 g/mol. The van der Waals surface area contributed by atoms with Crippen LogP contribution in [0.1, 0.15) is 34.0 Å². The molecule has 10 heteroatoms. The topological polar surface area (TPSA) is 105 Å². The van der Waals surface area contributed by atoms with Crippen LogP contribution in [0.4, 0.5) is 5.69 Å². The molecule has 3 aromatic rings. The monoisotopic (exact) mass is 594 g/mol. The van der Waals surface area contributed by atoms with Gasteiger partial charge in [-0.05, 0) is 73.6 Å². The summed E-state index contributed by atoms with van der Waals surface area (Å²) in [5.41, 5.74) is 2.66. The normalized spacial score (nSPS) is 14.4. The summed E-state index contributed by atoms with van der Waals surface area (Å²) < 4.78 is 12.4. The number of nitrogens with one attached hydrogen (secondary N) is 1. The zero-order valence-corrected chi connectivity index (χ0v) is 22.9. The molecule has 0 aromatic heterocycles. The van der Waals surface area contributed by atoms with Crippen LogP contribution in [0.5, 0.6) is 11.5 Å². The minimum atomic E-state index is -1.15. The summed E-state index contributed by atoms with van der Waals surface area (Å²) in [6.07, 6.45) is 1.42. The number of hydrogen-bond donors (Lipinski definition) is 2. The van der Waals surface area contributed by atoms with Crippen LogP contribution in [0, 0.1) is 6.92 Å². The lowest BCUT2D eigenvalue weighted by Gasteiger charge is -2.29. The maximum atomic E-state index is 13.4. The molecule has 1 aliphatic heterocycles. The number of hydrogen-bond acceptors (Lipinski definition) is 6. The number of aromatic carboxylic acids is 1. The van der Waals surface area contributed by atoms with Crippen LogP contribution in [0.25, 0.3) is 6.08 Å². The summed E-state index contributed by atoms with van der Waals surface area (Å²) in [6.45, 7) is 4.56. The van der Waals surface area contributed by atoms with Crippen molar-refractivity contribution in [3.05, 3.63) is 93.0 Å². The molecule has 4 rings (SSSR count). The zero-order chi connectivity index (χ0) is 27.4. The van der Waals surface area contributed by atoms with E-state index in [1.165, 1.54) is 30.3 Å². The van der Waals surface area contributed by atoms with E-state index in [4.69, 9.17) is 21.7 Å². The molecule has 1 saturated heterocycles. The van der Waals surface area contributed by atoms with Crippen molar-refractivity contribution in [1.29, 1.82) is 0 Å². The van der Waals surface area contributed by atoms with Crippen LogP contribution >= 0.6 is 28.1 Å². The second kappa shape index (κ2) is 11.6. The van der Waals surface area contributed by atoms with Crippen LogP contribution in [-0.4, -0.2) is 34.6 Å². The van der Waals surface area contributed by atoms with Gasteiger partial charge in [0.1, 0.15) is 12.2 Å². The largest absolute Gasteiger partial charge is 0.490 e. The van der Waals surface area contributed by atoms with Gasteiger partial charge in [0, 0.05) is 4.47 Å². The van der Waals surface area contributed by atoms with Crippen molar-refractivity contribution in [2.45, 2.75) is 20.5 Å². The van der Waals surface area contributed by atoms with Crippen molar-refractivity contribution in [1.82, 2.24) is 5.32 Å². The van der Waals surface area contributed by atoms with Gasteiger partial charge in [-0.25, -0.2) is 4.79 Å². The Morgan fingerprint density at radius 1 is 1.08 bits per heavy atom. The van der Waals surface area contributed by atoms with Crippen molar-refractivity contribution in [2.24, 2.45) is 0 Å². The number of thiocarbonyl (C=S) groups is 1. The molecule has 1 fully saturated rings. The first kappa shape index (κ1) is 27.0. The molecule has 0 bridgehead atoms. The first-order valence-electron chi connectivity index (χ1n) is 11.6. The summed E-state index contributed by atoms with van der Waals surface area (Å²) in [7, 11) is 0. The Morgan fingerprint density at radius 3 is 2.47 bits per heavy atom. The number of benzene rings is 3. The van der Waals surface area contributed by atoms with Crippen molar-refractivity contribution in [3.63, 3.8) is 0 Å². The van der Waals surface area contributed by atoms with Gasteiger partial charge in [0.25, 0.3) is 11.8 Å². The van der Waals surface area contributed by atoms with Crippen molar-refractivity contribution < 1.29 is 29.0 Å². The number of carbonyl (C=O) groups excluding carboxylic acids is 2. The van der Waals surface area contributed by atoms with Crippen LogP contribution in [0.3, 0.4) is 0 Å². The van der Waals surface area contributed by atoms with E-state index >= 15 is 0 Å². The number of carboxylic acids is 1. The first-order chi connectivity index (χ1) is 18.2. The van der Waals surface area contributed by atoms with Gasteiger partial charge in [0.05, 0.1) is 17.9 Å². The highest BCUT2D eigenvalue weighted by molar-refractivity contribution is 9.10. The quantitative estimate of drug-likeness (QED) is 0.208. The van der Waals surface area contributed by atoms with Crippen molar-refractivity contribution in [3.8, 4) is 11.5 Å². The molecule has 0 atom stereocenters. The predicted octanol–water partition coefficient (Wildman–Crippen LogP) is 5.26. The van der Waals surface area contributed by atoms with Gasteiger partial charge < -0.3 is 14.6 Å². The Morgan fingerprint density at radius 2 is 1.79 bits per heavy atom. The average molecular weight is 595 g/mol. The molecule has 8 nitrogen and oxygen atoms in total. The molecular formula is C28H23BrN2O6S. The molecule has 0 spiro atoms. The Bertz CT molecular complexity index is 1470. The van der Waals surface area contributed by atoms with Gasteiger partial charge in [-0.15, -0.1) is 0 Å². The van der Waals surface area contributed by atoms with Crippen LogP contribution in [0.15, 0.2) is 70.7 Å². The maximum Gasteiger partial charge on any atom is 0.335 e. The Labute approximate surface area is 233 Å². The van der Waals surface area contributed by atoms with E-state index < -0.39 is 17.8 Å². The molecule has 0 saturated carbocycles. The Balaban J connectivity index is 1.66. The number of rotatable bonds is 8. The number of ether oxygens (including phenoxy) is 2. The standard InChI is InChI=1S/C28H23BrN2O6S/c1-3-36-23-13-19(22(29)14-24(23)37-15-17-9-7-16(2)8-10-17)12-21-25(32)30-28(38)31(26(21)33)20-6-4-5-18(11-20)27(34)35/h4-14H,3,15H2,1-2H3,(H,34,35)(H,30,32,38). The summed E-state index contributed by atoms with van der Waals surface area (Å²) in [5, 5.41) is 11.7. The fraction of sp³-hybridized carbons (Fsp3) is 0.143. The van der Waals surface area contributed by atoms with Gasteiger partial charge >= 0.3 is 5.97 Å². The molecule has 194 valence electrons. The highest BCUT2D eigenvalue weighted by Crippen LogP contribution is 2.36. The van der Waals surface area contributed by atoms with Crippen LogP contribution in [-0.2, 0) is 16.2 Å². The van der Waals surface area contributed by atoms with Crippen molar-refractivity contribution in [2.75, 3.05) is 11.5 Å². The van der Waals surface area contributed by atoms with E-state index in [1.54, 1.807) is 12.1 Å². The molecule has 3 aromatic carbocycles. The minimum Gasteiger partial charge on any atom is -0.490 e. The molecule has 1 aliphatic rings. The maximum absolute atomic E-state index is 13.4. The number of aryl methyl sites for hydroxylation is 1. The van der Waals surface area contributed by atoms with E-state index in [1.807, 2.05) is 38.1 Å². The molecule has 2 amide bonds. The minimum absolute atomic E-state index is 0.0224. The number of anilines is 1. The highest BCUT2D eigenvalue weighted by Gasteiger charge is 2.35. The summed E-state index contributed by atoms with van der Waals surface area (Å²) in [6, 6.07) is 17.1. The lowest BCUT2D eigenvalue weighted by atomic mass is 10.1. The van der Waals surface area contributed by atoms with E-state index in [-0.39, 0.29) is 21.9 Å². The summed E-state index contributed by atoms with van der Waals surface area (Å²) >= 11 is 8.72. The SMILES string of the molecule is CCOc1cc(C=C2C(=O)NC(=S)N(c3cccc(C(=O)O)c3)C2=O)c(Br)cc1OCc1ccc(C)cc1. The van der Waals surface area contributed by atoms with E-state index in [9.17, 15) is 19.5 Å². The Kier molecular flexibility index (Phi) is 8.23. The third-order valence-corrected chi connectivity index (χ3v) is 6.60. The number of amides is 2. The number of carbonyl (C=O) groups is 3. The lowest BCUT2D eigenvalue weighted by Crippen LogP contribution is -2.54. The van der Waals surface area contributed by atoms with E-state index in [0.717, 1.165) is 16.0 Å². The number of carboxylic acid groups (broad SMARTS) is 1. The van der Waals surface area contributed by atoms with Crippen LogP contribution in [0.2, 0.25) is 0 Å². The summed E-state index contributed by atoms with van der Waals surface area (Å²) in [5.74, 6) is -1.57. The predicted molar refractivity (Wildman–Crippen MR) is 150 cm³/mol. The molecule has 0 unspecified atom stereocenters. The van der Waals surface area contributed by atoms with E-state index in [0.29, 0.717) is 34.7 Å². The average Bonchev–Trinajstić information content (AvgIpc) is 2.88. The Hall–Kier alpha value is -4.02. The summed E-state index contributed by atoms with van der Waals surface area (Å²) in [4.78, 5) is 38.7. The van der Waals surface area contributed by atoms with Gasteiger partial charge in [-0.1, -0.05) is 51.8 Å². The number of nitrogens with zero attached hydrogens (tertiary/aromatic N) is 1. The van der Waals surface area contributed by atoms with Crippen molar-refractivity contribution >= 4 is 62.8 Å².